The standard InChI is InChI=1S/C19H22N4O/c1-14(21-13-20-2)22-19-11-16-10-17(8-9-18(16)23-19)24-12-15-6-4-3-5-7-15/h3-11,13-14,22-23H,12H2,1-2H3,(H,20,21). The van der Waals surface area contributed by atoms with Crippen molar-refractivity contribution in [1.82, 2.24) is 10.3 Å². The van der Waals surface area contributed by atoms with Crippen molar-refractivity contribution < 1.29 is 4.74 Å². The first-order chi connectivity index (χ1) is 11.7. The number of ether oxygens (including phenoxy) is 1. The topological polar surface area (TPSA) is 61.4 Å². The molecule has 3 rings (SSSR count). The van der Waals surface area contributed by atoms with E-state index in [9.17, 15) is 0 Å². The number of anilines is 1. The van der Waals surface area contributed by atoms with Crippen molar-refractivity contribution in [3.63, 3.8) is 0 Å². The number of rotatable bonds is 7. The summed E-state index contributed by atoms with van der Waals surface area (Å²) in [5.41, 5.74) is 2.23. The van der Waals surface area contributed by atoms with Gasteiger partial charge in [-0.2, -0.15) is 0 Å². The highest BCUT2D eigenvalue weighted by atomic mass is 16.5. The molecule has 1 unspecified atom stereocenters. The molecule has 0 aliphatic heterocycles. The quantitative estimate of drug-likeness (QED) is 0.353. The number of fused-ring (bicyclic) bond motifs is 1. The molecule has 24 heavy (non-hydrogen) atoms. The number of hydrogen-bond acceptors (Lipinski definition) is 3. The summed E-state index contributed by atoms with van der Waals surface area (Å²) >= 11 is 0. The molecule has 0 amide bonds. The van der Waals surface area contributed by atoms with Crippen LogP contribution in [-0.4, -0.2) is 24.5 Å². The van der Waals surface area contributed by atoms with Crippen LogP contribution in [0.1, 0.15) is 12.5 Å². The Labute approximate surface area is 141 Å². The number of aromatic amines is 1. The van der Waals surface area contributed by atoms with Crippen LogP contribution < -0.4 is 15.4 Å². The van der Waals surface area contributed by atoms with Gasteiger partial charge in [-0.05, 0) is 36.8 Å². The molecule has 5 nitrogen and oxygen atoms in total. The fraction of sp³-hybridized carbons (Fsp3) is 0.211. The first kappa shape index (κ1) is 15.9. The summed E-state index contributed by atoms with van der Waals surface area (Å²) in [6.45, 7) is 2.60. The molecular weight excluding hydrogens is 300 g/mol. The van der Waals surface area contributed by atoms with E-state index in [1.54, 1.807) is 13.4 Å². The van der Waals surface area contributed by atoms with Crippen LogP contribution in [-0.2, 0) is 6.61 Å². The number of aliphatic imine (C=N–C) groups is 1. The van der Waals surface area contributed by atoms with Crippen molar-refractivity contribution in [3.05, 3.63) is 60.2 Å². The zero-order chi connectivity index (χ0) is 16.8. The van der Waals surface area contributed by atoms with Gasteiger partial charge in [0.1, 0.15) is 18.2 Å². The second-order valence-corrected chi connectivity index (χ2v) is 5.63. The summed E-state index contributed by atoms with van der Waals surface area (Å²) in [4.78, 5) is 7.27. The van der Waals surface area contributed by atoms with E-state index in [1.165, 1.54) is 0 Å². The van der Waals surface area contributed by atoms with Crippen LogP contribution in [0.25, 0.3) is 10.9 Å². The third-order valence-corrected chi connectivity index (χ3v) is 3.67. The first-order valence-electron chi connectivity index (χ1n) is 7.97. The van der Waals surface area contributed by atoms with Crippen LogP contribution in [0.5, 0.6) is 5.75 Å². The van der Waals surface area contributed by atoms with Crippen molar-refractivity contribution in [2.24, 2.45) is 4.99 Å². The molecule has 124 valence electrons. The van der Waals surface area contributed by atoms with Gasteiger partial charge in [-0.25, -0.2) is 0 Å². The highest BCUT2D eigenvalue weighted by Crippen LogP contribution is 2.24. The van der Waals surface area contributed by atoms with Gasteiger partial charge >= 0.3 is 0 Å². The maximum atomic E-state index is 5.88. The summed E-state index contributed by atoms with van der Waals surface area (Å²) < 4.78 is 5.88. The van der Waals surface area contributed by atoms with Crippen molar-refractivity contribution in [3.8, 4) is 5.75 Å². The van der Waals surface area contributed by atoms with Gasteiger partial charge in [-0.3, -0.25) is 4.99 Å². The van der Waals surface area contributed by atoms with E-state index in [1.807, 2.05) is 43.3 Å². The Morgan fingerprint density at radius 3 is 2.79 bits per heavy atom. The van der Waals surface area contributed by atoms with Gasteiger partial charge in [-0.15, -0.1) is 0 Å². The third-order valence-electron chi connectivity index (χ3n) is 3.67. The van der Waals surface area contributed by atoms with Crippen molar-refractivity contribution >= 4 is 23.1 Å². The smallest absolute Gasteiger partial charge is 0.120 e. The molecule has 0 saturated carbocycles. The molecule has 0 spiro atoms. The maximum absolute atomic E-state index is 5.88. The molecule has 3 N–H and O–H groups in total. The Kier molecular flexibility index (Phi) is 5.01. The lowest BCUT2D eigenvalue weighted by atomic mass is 10.2. The van der Waals surface area contributed by atoms with Gasteiger partial charge in [0.15, 0.2) is 0 Å². The summed E-state index contributed by atoms with van der Waals surface area (Å²) in [6, 6.07) is 18.3. The number of hydrogen-bond donors (Lipinski definition) is 3. The lowest BCUT2D eigenvalue weighted by Crippen LogP contribution is -2.32. The van der Waals surface area contributed by atoms with E-state index < -0.39 is 0 Å². The molecule has 0 radical (unpaired) electrons. The van der Waals surface area contributed by atoms with Gasteiger partial charge < -0.3 is 20.4 Å². The number of H-pyrrole nitrogens is 1. The van der Waals surface area contributed by atoms with E-state index >= 15 is 0 Å². The first-order valence-corrected chi connectivity index (χ1v) is 7.97. The maximum Gasteiger partial charge on any atom is 0.120 e. The van der Waals surface area contributed by atoms with Gasteiger partial charge in [0.05, 0.1) is 12.5 Å². The molecule has 1 aromatic heterocycles. The molecule has 0 aliphatic rings. The Morgan fingerprint density at radius 1 is 1.17 bits per heavy atom. The summed E-state index contributed by atoms with van der Waals surface area (Å²) in [5.74, 6) is 1.82. The second-order valence-electron chi connectivity index (χ2n) is 5.63. The van der Waals surface area contributed by atoms with E-state index in [0.717, 1.165) is 28.0 Å². The number of nitrogens with one attached hydrogen (secondary N) is 3. The molecule has 0 aliphatic carbocycles. The lowest BCUT2D eigenvalue weighted by molar-refractivity contribution is 0.306. The summed E-state index contributed by atoms with van der Waals surface area (Å²) in [6.07, 6.45) is 1.76. The monoisotopic (exact) mass is 322 g/mol. The van der Waals surface area contributed by atoms with E-state index in [-0.39, 0.29) is 6.17 Å². The predicted molar refractivity (Wildman–Crippen MR) is 99.7 cm³/mol. The Bertz CT molecular complexity index is 811. The van der Waals surface area contributed by atoms with Crippen LogP contribution in [0, 0.1) is 0 Å². The van der Waals surface area contributed by atoms with Crippen LogP contribution in [0.4, 0.5) is 5.82 Å². The molecule has 1 atom stereocenters. The number of aromatic nitrogens is 1. The fourth-order valence-electron chi connectivity index (χ4n) is 2.48. The fourth-order valence-corrected chi connectivity index (χ4v) is 2.48. The molecule has 5 heteroatoms. The minimum Gasteiger partial charge on any atom is -0.489 e. The summed E-state index contributed by atoms with van der Waals surface area (Å²) in [5, 5.41) is 7.58. The zero-order valence-electron chi connectivity index (χ0n) is 13.9. The van der Waals surface area contributed by atoms with Crippen LogP contribution >= 0.6 is 0 Å². The highest BCUT2D eigenvalue weighted by molar-refractivity contribution is 5.85. The van der Waals surface area contributed by atoms with Gasteiger partial charge in [0, 0.05) is 18.0 Å². The van der Waals surface area contributed by atoms with E-state index in [2.05, 4.69) is 38.8 Å². The largest absolute Gasteiger partial charge is 0.489 e. The normalized spacial score (nSPS) is 12.4. The lowest BCUT2D eigenvalue weighted by Gasteiger charge is -2.12. The van der Waals surface area contributed by atoms with Crippen LogP contribution in [0.3, 0.4) is 0 Å². The molecule has 0 saturated heterocycles. The Hall–Kier alpha value is -2.95. The zero-order valence-corrected chi connectivity index (χ0v) is 13.9. The second kappa shape index (κ2) is 7.55. The van der Waals surface area contributed by atoms with E-state index in [4.69, 9.17) is 4.74 Å². The molecule has 2 aromatic carbocycles. The molecule has 3 aromatic rings. The Morgan fingerprint density at radius 2 is 2.00 bits per heavy atom. The van der Waals surface area contributed by atoms with Gasteiger partial charge in [0.25, 0.3) is 0 Å². The minimum absolute atomic E-state index is 0.0792. The molecule has 1 heterocycles. The molecule has 0 bridgehead atoms. The average Bonchev–Trinajstić information content (AvgIpc) is 3.00. The SMILES string of the molecule is CN=CNC(C)Nc1cc2cc(OCc3ccccc3)ccc2[nH]1. The number of nitrogens with zero attached hydrogens (tertiary/aromatic N) is 1. The van der Waals surface area contributed by atoms with Crippen LogP contribution in [0.15, 0.2) is 59.6 Å². The molecule has 0 fully saturated rings. The minimum atomic E-state index is 0.0792. The Balaban J connectivity index is 1.67. The highest BCUT2D eigenvalue weighted by Gasteiger charge is 2.05. The van der Waals surface area contributed by atoms with Crippen LogP contribution in [0.2, 0.25) is 0 Å². The predicted octanol–water partition coefficient (Wildman–Crippen LogP) is 3.75. The summed E-state index contributed by atoms with van der Waals surface area (Å²) in [7, 11) is 1.74. The molecular formula is C19H22N4O. The average molecular weight is 322 g/mol. The van der Waals surface area contributed by atoms with Crippen molar-refractivity contribution in [1.29, 1.82) is 0 Å². The van der Waals surface area contributed by atoms with Crippen molar-refractivity contribution in [2.45, 2.75) is 19.7 Å². The van der Waals surface area contributed by atoms with Gasteiger partial charge in [-0.1, -0.05) is 30.3 Å². The van der Waals surface area contributed by atoms with E-state index in [0.29, 0.717) is 6.61 Å². The van der Waals surface area contributed by atoms with Gasteiger partial charge in [0.2, 0.25) is 0 Å². The number of benzene rings is 2. The third kappa shape index (κ3) is 4.07. The van der Waals surface area contributed by atoms with Crippen molar-refractivity contribution in [2.75, 3.05) is 12.4 Å².